The van der Waals surface area contributed by atoms with E-state index in [1.165, 1.54) is 5.56 Å². The predicted octanol–water partition coefficient (Wildman–Crippen LogP) is 1.62. The molecule has 0 saturated heterocycles. The van der Waals surface area contributed by atoms with Gasteiger partial charge in [0, 0.05) is 20.3 Å². The number of benzene rings is 1. The molecule has 3 nitrogen and oxygen atoms in total. The van der Waals surface area contributed by atoms with Gasteiger partial charge in [0.05, 0.1) is 6.67 Å². The van der Waals surface area contributed by atoms with Gasteiger partial charge < -0.3 is 0 Å². The van der Waals surface area contributed by atoms with E-state index in [1.54, 1.807) is 0 Å². The Morgan fingerprint density at radius 2 is 1.86 bits per heavy atom. The fraction of sp³-hybridized carbons (Fsp3) is 0.364. The average Bonchev–Trinajstić information content (AvgIpc) is 2.19. The van der Waals surface area contributed by atoms with Crippen molar-refractivity contribution in [3.63, 3.8) is 0 Å². The van der Waals surface area contributed by atoms with Crippen LogP contribution in [0.15, 0.2) is 35.4 Å². The van der Waals surface area contributed by atoms with Gasteiger partial charge in [-0.05, 0) is 12.6 Å². The van der Waals surface area contributed by atoms with E-state index in [-0.39, 0.29) is 0 Å². The second-order valence-electron chi connectivity index (χ2n) is 3.44. The molecular formula is C11H17N3. The molecule has 1 rings (SSSR count). The van der Waals surface area contributed by atoms with Crippen molar-refractivity contribution in [2.24, 2.45) is 5.10 Å². The van der Waals surface area contributed by atoms with Crippen LogP contribution in [-0.4, -0.2) is 37.4 Å². The standard InChI is InChI=1S/C11H17N3/c1-12-14(3)10-13(2)9-11-7-5-4-6-8-11/h4-8H,1,9-10H2,2-3H3. The van der Waals surface area contributed by atoms with Crippen LogP contribution < -0.4 is 0 Å². The van der Waals surface area contributed by atoms with Gasteiger partial charge in [-0.3, -0.25) is 9.91 Å². The van der Waals surface area contributed by atoms with E-state index in [0.29, 0.717) is 0 Å². The van der Waals surface area contributed by atoms with Crippen molar-refractivity contribution < 1.29 is 0 Å². The van der Waals surface area contributed by atoms with Crippen LogP contribution in [0.25, 0.3) is 0 Å². The minimum absolute atomic E-state index is 0.790. The van der Waals surface area contributed by atoms with E-state index in [0.717, 1.165) is 13.2 Å². The van der Waals surface area contributed by atoms with Crippen LogP contribution in [0.5, 0.6) is 0 Å². The van der Waals surface area contributed by atoms with Crippen molar-refractivity contribution in [2.75, 3.05) is 20.8 Å². The maximum Gasteiger partial charge on any atom is 0.0876 e. The summed E-state index contributed by atoms with van der Waals surface area (Å²) >= 11 is 0. The van der Waals surface area contributed by atoms with Crippen LogP contribution in [0.4, 0.5) is 0 Å². The molecule has 0 heterocycles. The lowest BCUT2D eigenvalue weighted by Gasteiger charge is -2.21. The zero-order chi connectivity index (χ0) is 10.4. The van der Waals surface area contributed by atoms with Crippen molar-refractivity contribution in [1.29, 1.82) is 0 Å². The van der Waals surface area contributed by atoms with Crippen molar-refractivity contribution >= 4 is 6.72 Å². The number of nitrogens with zero attached hydrogens (tertiary/aromatic N) is 3. The highest BCUT2D eigenvalue weighted by molar-refractivity contribution is 5.22. The summed E-state index contributed by atoms with van der Waals surface area (Å²) in [5.74, 6) is 0. The van der Waals surface area contributed by atoms with E-state index in [2.05, 4.69) is 48.0 Å². The highest BCUT2D eigenvalue weighted by atomic mass is 15.5. The molecule has 0 aromatic heterocycles. The first-order valence-electron chi connectivity index (χ1n) is 4.62. The van der Waals surface area contributed by atoms with E-state index < -0.39 is 0 Å². The molecule has 0 unspecified atom stereocenters. The van der Waals surface area contributed by atoms with Crippen LogP contribution in [0, 0.1) is 0 Å². The van der Waals surface area contributed by atoms with Gasteiger partial charge in [-0.25, -0.2) is 0 Å². The maximum atomic E-state index is 3.81. The highest BCUT2D eigenvalue weighted by Gasteiger charge is 2.00. The van der Waals surface area contributed by atoms with E-state index in [1.807, 2.05) is 18.1 Å². The molecule has 0 N–H and O–H groups in total. The fourth-order valence-corrected chi connectivity index (χ4v) is 1.34. The quantitative estimate of drug-likeness (QED) is 0.400. The highest BCUT2D eigenvalue weighted by Crippen LogP contribution is 2.02. The molecule has 0 radical (unpaired) electrons. The van der Waals surface area contributed by atoms with Gasteiger partial charge in [0.15, 0.2) is 0 Å². The number of hydrogen-bond acceptors (Lipinski definition) is 3. The summed E-state index contributed by atoms with van der Waals surface area (Å²) < 4.78 is 0. The zero-order valence-corrected chi connectivity index (χ0v) is 8.85. The van der Waals surface area contributed by atoms with Crippen molar-refractivity contribution in [3.05, 3.63) is 35.9 Å². The van der Waals surface area contributed by atoms with Crippen LogP contribution in [-0.2, 0) is 6.54 Å². The summed E-state index contributed by atoms with van der Waals surface area (Å²) in [6.45, 7) is 5.19. The molecule has 1 aromatic carbocycles. The molecular weight excluding hydrogens is 174 g/mol. The Balaban J connectivity index is 2.41. The first-order chi connectivity index (χ1) is 6.72. The molecule has 1 aromatic rings. The smallest absolute Gasteiger partial charge is 0.0876 e. The lowest BCUT2D eigenvalue weighted by Crippen LogP contribution is -2.29. The topological polar surface area (TPSA) is 18.8 Å². The van der Waals surface area contributed by atoms with Crippen molar-refractivity contribution in [3.8, 4) is 0 Å². The Bertz CT molecular complexity index is 271. The number of hydrogen-bond donors (Lipinski definition) is 0. The normalized spacial score (nSPS) is 10.2. The minimum Gasteiger partial charge on any atom is -0.286 e. The molecule has 0 saturated carbocycles. The Labute approximate surface area is 85.6 Å². The second-order valence-corrected chi connectivity index (χ2v) is 3.44. The first-order valence-corrected chi connectivity index (χ1v) is 4.62. The average molecular weight is 191 g/mol. The van der Waals surface area contributed by atoms with Gasteiger partial charge in [0.1, 0.15) is 0 Å². The molecule has 0 spiro atoms. The largest absolute Gasteiger partial charge is 0.286 e. The van der Waals surface area contributed by atoms with Gasteiger partial charge in [-0.1, -0.05) is 30.3 Å². The molecule has 0 fully saturated rings. The van der Waals surface area contributed by atoms with Crippen LogP contribution in [0.3, 0.4) is 0 Å². The number of hydrazone groups is 1. The molecule has 3 heteroatoms. The second kappa shape index (κ2) is 5.40. The molecule has 0 aliphatic carbocycles. The van der Waals surface area contributed by atoms with Crippen molar-refractivity contribution in [2.45, 2.75) is 6.54 Å². The number of rotatable bonds is 5. The molecule has 0 aliphatic rings. The lowest BCUT2D eigenvalue weighted by molar-refractivity contribution is 0.183. The molecule has 0 bridgehead atoms. The Kier molecular flexibility index (Phi) is 4.13. The predicted molar refractivity (Wildman–Crippen MR) is 60.1 cm³/mol. The molecule has 76 valence electrons. The van der Waals surface area contributed by atoms with Gasteiger partial charge in [0.25, 0.3) is 0 Å². The van der Waals surface area contributed by atoms with E-state index in [4.69, 9.17) is 0 Å². The van der Waals surface area contributed by atoms with Crippen molar-refractivity contribution in [1.82, 2.24) is 9.91 Å². The molecule has 0 atom stereocenters. The summed E-state index contributed by atoms with van der Waals surface area (Å²) in [4.78, 5) is 2.18. The summed E-state index contributed by atoms with van der Waals surface area (Å²) in [6, 6.07) is 10.4. The molecule has 0 amide bonds. The van der Waals surface area contributed by atoms with Crippen LogP contribution >= 0.6 is 0 Å². The third-order valence-electron chi connectivity index (χ3n) is 1.98. The lowest BCUT2D eigenvalue weighted by atomic mass is 10.2. The summed E-state index contributed by atoms with van der Waals surface area (Å²) in [5, 5.41) is 5.62. The fourth-order valence-electron chi connectivity index (χ4n) is 1.34. The summed E-state index contributed by atoms with van der Waals surface area (Å²) in [7, 11) is 3.98. The van der Waals surface area contributed by atoms with Gasteiger partial charge in [-0.2, -0.15) is 5.10 Å². The SMILES string of the molecule is C=NN(C)CN(C)Cc1ccccc1. The first kappa shape index (κ1) is 10.7. The Hall–Kier alpha value is -1.35. The third-order valence-corrected chi connectivity index (χ3v) is 1.98. The maximum absolute atomic E-state index is 3.81. The van der Waals surface area contributed by atoms with Gasteiger partial charge >= 0.3 is 0 Å². The van der Waals surface area contributed by atoms with E-state index in [9.17, 15) is 0 Å². The third kappa shape index (κ3) is 3.58. The van der Waals surface area contributed by atoms with Gasteiger partial charge in [0.2, 0.25) is 0 Å². The van der Waals surface area contributed by atoms with Gasteiger partial charge in [-0.15, -0.1) is 0 Å². The summed E-state index contributed by atoms with van der Waals surface area (Å²) in [6.07, 6.45) is 0. The Morgan fingerprint density at radius 3 is 2.43 bits per heavy atom. The molecule has 0 aliphatic heterocycles. The summed E-state index contributed by atoms with van der Waals surface area (Å²) in [5.41, 5.74) is 1.31. The van der Waals surface area contributed by atoms with E-state index >= 15 is 0 Å². The molecule has 14 heavy (non-hydrogen) atoms. The van der Waals surface area contributed by atoms with Crippen LogP contribution in [0.1, 0.15) is 5.56 Å². The Morgan fingerprint density at radius 1 is 1.21 bits per heavy atom. The van der Waals surface area contributed by atoms with Crippen LogP contribution in [0.2, 0.25) is 0 Å². The monoisotopic (exact) mass is 191 g/mol. The minimum atomic E-state index is 0.790. The zero-order valence-electron chi connectivity index (χ0n) is 8.85.